The molecule has 3 N–H and O–H groups in total. The van der Waals surface area contributed by atoms with Crippen LogP contribution in [0.5, 0.6) is 0 Å². The molecule has 7 nitrogen and oxygen atoms in total. The van der Waals surface area contributed by atoms with Crippen molar-refractivity contribution >= 4 is 50.9 Å². The standard InChI is InChI=1S/C30H28N6O.2ClH/c1-35(2)26-11-12-28-27(20-26)29(13-16-31-28)33-22-7-9-23(10-8-22)34-30(37)21-5-4-6-25(19-21)32-24-14-17-36(3)18-15-24;;/h4-20H,1-3H3,(H2,31,33,34,37);2*1H/p-1. The van der Waals surface area contributed by atoms with E-state index in [4.69, 9.17) is 0 Å². The number of nitrogens with zero attached hydrogens (tertiary/aromatic N) is 3. The molecule has 0 aliphatic carbocycles. The lowest BCUT2D eigenvalue weighted by Gasteiger charge is -2.15. The van der Waals surface area contributed by atoms with Crippen LogP contribution in [-0.4, -0.2) is 25.0 Å². The molecule has 2 aromatic heterocycles. The van der Waals surface area contributed by atoms with E-state index in [1.807, 2.05) is 105 Å². The van der Waals surface area contributed by atoms with Crippen molar-refractivity contribution in [1.82, 2.24) is 4.98 Å². The van der Waals surface area contributed by atoms with E-state index in [0.29, 0.717) is 5.56 Å². The number of amides is 1. The number of carbonyl (C=O) groups is 1. The predicted octanol–water partition coefficient (Wildman–Crippen LogP) is -0.127. The van der Waals surface area contributed by atoms with Gasteiger partial charge in [-0.3, -0.25) is 9.78 Å². The third-order valence-corrected chi connectivity index (χ3v) is 6.06. The minimum atomic E-state index is -0.167. The summed E-state index contributed by atoms with van der Waals surface area (Å²) in [5, 5.41) is 10.8. The lowest BCUT2D eigenvalue weighted by atomic mass is 10.1. The van der Waals surface area contributed by atoms with Crippen LogP contribution in [0, 0.1) is 0 Å². The number of nitrogens with one attached hydrogen (secondary N) is 3. The summed E-state index contributed by atoms with van der Waals surface area (Å²) >= 11 is 0. The monoisotopic (exact) mass is 559 g/mol. The number of benzene rings is 3. The maximum Gasteiger partial charge on any atom is 0.255 e. The summed E-state index contributed by atoms with van der Waals surface area (Å²) in [5.74, 6) is -0.167. The molecule has 0 atom stereocenters. The summed E-state index contributed by atoms with van der Waals surface area (Å²) in [6.45, 7) is 0. The van der Waals surface area contributed by atoms with Crippen molar-refractivity contribution < 1.29 is 34.2 Å². The number of rotatable bonds is 7. The van der Waals surface area contributed by atoms with Crippen LogP contribution in [0.25, 0.3) is 10.9 Å². The van der Waals surface area contributed by atoms with Crippen molar-refractivity contribution in [3.05, 3.63) is 109 Å². The Morgan fingerprint density at radius 3 is 2.18 bits per heavy atom. The third kappa shape index (κ3) is 7.16. The molecule has 5 rings (SSSR count). The number of hydrogen-bond donors (Lipinski definition) is 3. The highest BCUT2D eigenvalue weighted by Gasteiger charge is 2.09. The number of hydrogen-bond acceptors (Lipinski definition) is 5. The zero-order chi connectivity index (χ0) is 25.8. The Hall–Kier alpha value is -4.33. The Morgan fingerprint density at radius 2 is 1.46 bits per heavy atom. The van der Waals surface area contributed by atoms with Crippen LogP contribution < -0.4 is 50.2 Å². The quantitative estimate of drug-likeness (QED) is 0.242. The van der Waals surface area contributed by atoms with Crippen LogP contribution in [0.1, 0.15) is 10.4 Å². The summed E-state index contributed by atoms with van der Waals surface area (Å²) < 4.78 is 1.97. The van der Waals surface area contributed by atoms with Crippen molar-refractivity contribution in [3.8, 4) is 0 Å². The molecule has 0 aliphatic rings. The van der Waals surface area contributed by atoms with E-state index in [9.17, 15) is 4.79 Å². The molecule has 0 aliphatic heterocycles. The first kappa shape index (κ1) is 29.2. The number of halogens is 2. The van der Waals surface area contributed by atoms with Gasteiger partial charge < -0.3 is 45.7 Å². The van der Waals surface area contributed by atoms with Gasteiger partial charge >= 0.3 is 0 Å². The Morgan fingerprint density at radius 1 is 0.769 bits per heavy atom. The molecule has 0 radical (unpaired) electrons. The summed E-state index contributed by atoms with van der Waals surface area (Å²) in [4.78, 5) is 19.5. The van der Waals surface area contributed by atoms with Crippen LogP contribution in [0.3, 0.4) is 0 Å². The second kappa shape index (κ2) is 13.0. The highest BCUT2D eigenvalue weighted by atomic mass is 35.5. The second-order valence-corrected chi connectivity index (χ2v) is 9.07. The first-order chi connectivity index (χ1) is 17.9. The summed E-state index contributed by atoms with van der Waals surface area (Å²) in [6.07, 6.45) is 5.74. The molecule has 0 fully saturated rings. The molecule has 200 valence electrons. The van der Waals surface area contributed by atoms with Crippen molar-refractivity contribution in [2.75, 3.05) is 34.9 Å². The van der Waals surface area contributed by atoms with Gasteiger partial charge in [-0.2, -0.15) is 0 Å². The van der Waals surface area contributed by atoms with E-state index in [1.54, 1.807) is 12.3 Å². The molecule has 0 bridgehead atoms. The summed E-state index contributed by atoms with van der Waals surface area (Å²) in [6, 6.07) is 27.3. The topological polar surface area (TPSA) is 73.2 Å². The fourth-order valence-corrected chi connectivity index (χ4v) is 4.01. The SMILES string of the molecule is CN(C)c1ccc2nccc(Nc3ccc(NC(=O)c4cccc(Nc5cc[n+](C)cc5)c4)cc3)c2c1.[Cl-].[Cl-]. The average Bonchev–Trinajstić information content (AvgIpc) is 2.91. The van der Waals surface area contributed by atoms with Gasteiger partial charge in [0.15, 0.2) is 12.4 Å². The molecule has 0 unspecified atom stereocenters. The average molecular weight is 561 g/mol. The van der Waals surface area contributed by atoms with Crippen molar-refractivity contribution in [2.24, 2.45) is 7.05 Å². The van der Waals surface area contributed by atoms with Crippen molar-refractivity contribution in [3.63, 3.8) is 0 Å². The van der Waals surface area contributed by atoms with Crippen LogP contribution in [0.4, 0.5) is 34.1 Å². The molecule has 1 amide bonds. The smallest absolute Gasteiger partial charge is 0.255 e. The molecule has 2 heterocycles. The normalized spacial score (nSPS) is 10.1. The van der Waals surface area contributed by atoms with E-state index >= 15 is 0 Å². The number of carbonyl (C=O) groups excluding carboxylic acids is 1. The zero-order valence-electron chi connectivity index (χ0n) is 21.8. The zero-order valence-corrected chi connectivity index (χ0v) is 23.3. The molecule has 9 heteroatoms. The lowest BCUT2D eigenvalue weighted by Crippen LogP contribution is -3.00. The van der Waals surface area contributed by atoms with Gasteiger partial charge in [-0.25, -0.2) is 4.57 Å². The third-order valence-electron chi connectivity index (χ3n) is 6.06. The van der Waals surface area contributed by atoms with Gasteiger partial charge in [0.25, 0.3) is 5.91 Å². The van der Waals surface area contributed by atoms with Crippen LogP contribution in [0.2, 0.25) is 0 Å². The van der Waals surface area contributed by atoms with Crippen molar-refractivity contribution in [1.29, 1.82) is 0 Å². The van der Waals surface area contributed by atoms with Gasteiger partial charge in [0, 0.05) is 71.8 Å². The number of pyridine rings is 2. The number of aryl methyl sites for hydroxylation is 1. The minimum absolute atomic E-state index is 0. The Bertz CT molecular complexity index is 1560. The number of aromatic nitrogens is 2. The van der Waals surface area contributed by atoms with Crippen LogP contribution in [0.15, 0.2) is 104 Å². The fraction of sp³-hybridized carbons (Fsp3) is 0.100. The van der Waals surface area contributed by atoms with E-state index in [-0.39, 0.29) is 30.7 Å². The van der Waals surface area contributed by atoms with Gasteiger partial charge in [0.05, 0.1) is 11.2 Å². The Balaban J connectivity index is 0.00000210. The second-order valence-electron chi connectivity index (χ2n) is 9.07. The largest absolute Gasteiger partial charge is 1.00 e. The van der Waals surface area contributed by atoms with Crippen molar-refractivity contribution in [2.45, 2.75) is 0 Å². The van der Waals surface area contributed by atoms with Crippen LogP contribution >= 0.6 is 0 Å². The number of fused-ring (bicyclic) bond motifs is 1. The molecular formula is C30H29Cl2N6O-. The highest BCUT2D eigenvalue weighted by molar-refractivity contribution is 6.05. The van der Waals surface area contributed by atoms with E-state index < -0.39 is 0 Å². The molecule has 3 aromatic carbocycles. The fourth-order valence-electron chi connectivity index (χ4n) is 4.01. The Labute approximate surface area is 240 Å². The first-order valence-electron chi connectivity index (χ1n) is 12.0. The number of anilines is 6. The molecular weight excluding hydrogens is 531 g/mol. The minimum Gasteiger partial charge on any atom is -1.00 e. The van der Waals surface area contributed by atoms with Gasteiger partial charge in [-0.15, -0.1) is 0 Å². The van der Waals surface area contributed by atoms with Crippen LogP contribution in [-0.2, 0) is 7.05 Å². The van der Waals surface area contributed by atoms with Gasteiger partial charge in [0.2, 0.25) is 0 Å². The molecule has 5 aromatic rings. The maximum absolute atomic E-state index is 12.9. The van der Waals surface area contributed by atoms with E-state index in [0.717, 1.165) is 45.0 Å². The van der Waals surface area contributed by atoms with E-state index in [1.165, 1.54) is 0 Å². The molecule has 0 saturated carbocycles. The lowest BCUT2D eigenvalue weighted by molar-refractivity contribution is -0.671. The summed E-state index contributed by atoms with van der Waals surface area (Å²) in [7, 11) is 6.01. The van der Waals surface area contributed by atoms with Gasteiger partial charge in [-0.05, 0) is 66.7 Å². The highest BCUT2D eigenvalue weighted by Crippen LogP contribution is 2.29. The van der Waals surface area contributed by atoms with E-state index in [2.05, 4.69) is 38.0 Å². The summed E-state index contributed by atoms with van der Waals surface area (Å²) in [5.41, 5.74) is 7.04. The van der Waals surface area contributed by atoms with Gasteiger partial charge in [-0.1, -0.05) is 6.07 Å². The molecule has 0 spiro atoms. The van der Waals surface area contributed by atoms with Gasteiger partial charge in [0.1, 0.15) is 7.05 Å². The first-order valence-corrected chi connectivity index (χ1v) is 12.0. The Kier molecular flexibility index (Phi) is 9.71. The predicted molar refractivity (Wildman–Crippen MR) is 151 cm³/mol. The maximum atomic E-state index is 12.9. The molecule has 0 saturated heterocycles. The molecule has 39 heavy (non-hydrogen) atoms.